The third kappa shape index (κ3) is 7.55. The van der Waals surface area contributed by atoms with Gasteiger partial charge >= 0.3 is 5.97 Å². The molecule has 31 heavy (non-hydrogen) atoms. The van der Waals surface area contributed by atoms with Crippen LogP contribution in [0.2, 0.25) is 0 Å². The zero-order valence-electron chi connectivity index (χ0n) is 19.5. The molecule has 0 aliphatic rings. The van der Waals surface area contributed by atoms with Gasteiger partial charge in [-0.25, -0.2) is 4.79 Å². The average molecular weight is 430 g/mol. The van der Waals surface area contributed by atoms with Crippen LogP contribution in [0.4, 0.5) is 0 Å². The number of aryl methyl sites for hydroxylation is 1. The molecule has 170 valence electrons. The van der Waals surface area contributed by atoms with Gasteiger partial charge in [0.25, 0.3) is 5.91 Å². The highest BCUT2D eigenvalue weighted by Crippen LogP contribution is 2.11. The molecule has 3 atom stereocenters. The number of hydrogen-bond donors (Lipinski definition) is 1. The normalized spacial score (nSPS) is 14.0. The quantitative estimate of drug-likeness (QED) is 0.527. The van der Waals surface area contributed by atoms with Gasteiger partial charge in [0.15, 0.2) is 12.6 Å². The third-order valence-corrected chi connectivity index (χ3v) is 5.81. The number of esters is 1. The highest BCUT2D eigenvalue weighted by molar-refractivity contribution is 5.78. The Morgan fingerprint density at radius 3 is 2.39 bits per heavy atom. The Morgan fingerprint density at radius 1 is 1.10 bits per heavy atom. The standard InChI is InChI=1S/C25H36N2O4/c1-6-19(3)27(21(5)25(29)30-7-2)18-24(28)26(17-23-14-13-20(4)31-23)16-15-22-11-9-8-10-12-22/h8-14,19,21H,6-7,15-18H2,1-5H3/p+1/t19-,21-/m0/s1. The van der Waals surface area contributed by atoms with Crippen molar-refractivity contribution in [2.24, 2.45) is 0 Å². The van der Waals surface area contributed by atoms with Crippen molar-refractivity contribution in [3.05, 3.63) is 59.5 Å². The SMILES string of the molecule is CCOC(=O)[C@H](C)[NH+](CC(=O)N(CCc1ccccc1)Cc1ccc(C)o1)[C@@H](C)CC. The number of benzene rings is 1. The Kier molecular flexibility index (Phi) is 9.79. The van der Waals surface area contributed by atoms with Crippen LogP contribution in [0.1, 0.15) is 51.2 Å². The fraction of sp³-hybridized carbons (Fsp3) is 0.520. The first-order chi connectivity index (χ1) is 14.8. The number of furan rings is 1. The van der Waals surface area contributed by atoms with Crippen LogP contribution >= 0.6 is 0 Å². The summed E-state index contributed by atoms with van der Waals surface area (Å²) < 4.78 is 11.0. The largest absolute Gasteiger partial charge is 0.464 e. The first kappa shape index (κ1) is 24.7. The summed E-state index contributed by atoms with van der Waals surface area (Å²) in [4.78, 5) is 28.6. The Bertz CT molecular complexity index is 818. The number of nitrogens with one attached hydrogen (secondary N) is 1. The predicted molar refractivity (Wildman–Crippen MR) is 121 cm³/mol. The van der Waals surface area contributed by atoms with E-state index in [2.05, 4.69) is 26.0 Å². The summed E-state index contributed by atoms with van der Waals surface area (Å²) in [7, 11) is 0. The van der Waals surface area contributed by atoms with Crippen molar-refractivity contribution in [3.63, 3.8) is 0 Å². The van der Waals surface area contributed by atoms with Crippen molar-refractivity contribution in [2.45, 2.75) is 66.1 Å². The van der Waals surface area contributed by atoms with Gasteiger partial charge in [-0.2, -0.15) is 0 Å². The second-order valence-electron chi connectivity index (χ2n) is 8.10. The van der Waals surface area contributed by atoms with E-state index in [0.29, 0.717) is 19.7 Å². The lowest BCUT2D eigenvalue weighted by atomic mass is 10.1. The minimum Gasteiger partial charge on any atom is -0.464 e. The molecule has 0 bridgehead atoms. The van der Waals surface area contributed by atoms with Gasteiger partial charge in [0, 0.05) is 6.54 Å². The van der Waals surface area contributed by atoms with Gasteiger partial charge in [0.1, 0.15) is 11.5 Å². The number of amides is 1. The van der Waals surface area contributed by atoms with Gasteiger partial charge in [-0.05, 0) is 58.2 Å². The highest BCUT2D eigenvalue weighted by atomic mass is 16.5. The summed E-state index contributed by atoms with van der Waals surface area (Å²) in [6.45, 7) is 11.3. The highest BCUT2D eigenvalue weighted by Gasteiger charge is 2.33. The number of nitrogens with zero attached hydrogens (tertiary/aromatic N) is 1. The van der Waals surface area contributed by atoms with Gasteiger partial charge in [-0.1, -0.05) is 37.3 Å². The molecule has 0 radical (unpaired) electrons. The van der Waals surface area contributed by atoms with E-state index in [1.807, 2.05) is 49.1 Å². The van der Waals surface area contributed by atoms with E-state index >= 15 is 0 Å². The Hall–Kier alpha value is -2.60. The lowest BCUT2D eigenvalue weighted by molar-refractivity contribution is -0.930. The number of carbonyl (C=O) groups excluding carboxylic acids is 2. The number of ether oxygens (including phenoxy) is 1. The summed E-state index contributed by atoms with van der Waals surface area (Å²) in [6, 6.07) is 13.7. The second kappa shape index (κ2) is 12.3. The molecule has 6 heteroatoms. The second-order valence-corrected chi connectivity index (χ2v) is 8.10. The molecule has 0 saturated carbocycles. The van der Waals surface area contributed by atoms with Crippen LogP contribution < -0.4 is 4.90 Å². The molecule has 1 aromatic heterocycles. The minimum absolute atomic E-state index is 0.0106. The third-order valence-electron chi connectivity index (χ3n) is 5.81. The molecule has 0 saturated heterocycles. The predicted octanol–water partition coefficient (Wildman–Crippen LogP) is 2.79. The Morgan fingerprint density at radius 2 is 1.81 bits per heavy atom. The summed E-state index contributed by atoms with van der Waals surface area (Å²) in [5.41, 5.74) is 1.18. The van der Waals surface area contributed by atoms with E-state index in [1.165, 1.54) is 5.56 Å². The van der Waals surface area contributed by atoms with Crippen LogP contribution in [0.3, 0.4) is 0 Å². The molecule has 2 aromatic rings. The van der Waals surface area contributed by atoms with Gasteiger partial charge in [0.05, 0.1) is 19.2 Å². The monoisotopic (exact) mass is 429 g/mol. The smallest absolute Gasteiger partial charge is 0.364 e. The topological polar surface area (TPSA) is 64.2 Å². The molecule has 1 unspecified atom stereocenters. The van der Waals surface area contributed by atoms with Crippen molar-refractivity contribution >= 4 is 11.9 Å². The van der Waals surface area contributed by atoms with E-state index in [0.717, 1.165) is 29.3 Å². The van der Waals surface area contributed by atoms with E-state index in [4.69, 9.17) is 9.15 Å². The first-order valence-corrected chi connectivity index (χ1v) is 11.2. The van der Waals surface area contributed by atoms with Crippen LogP contribution in [0.5, 0.6) is 0 Å². The molecular weight excluding hydrogens is 392 g/mol. The molecule has 0 aliphatic carbocycles. The Balaban J connectivity index is 2.16. The van der Waals surface area contributed by atoms with Crippen LogP contribution in [0, 0.1) is 6.92 Å². The summed E-state index contributed by atoms with van der Waals surface area (Å²) >= 11 is 0. The average Bonchev–Trinajstić information content (AvgIpc) is 3.19. The maximum Gasteiger partial charge on any atom is 0.364 e. The summed E-state index contributed by atoms with van der Waals surface area (Å²) in [5, 5.41) is 0. The lowest BCUT2D eigenvalue weighted by Crippen LogP contribution is -3.20. The zero-order chi connectivity index (χ0) is 22.8. The first-order valence-electron chi connectivity index (χ1n) is 11.2. The van der Waals surface area contributed by atoms with E-state index in [1.54, 1.807) is 6.92 Å². The molecule has 6 nitrogen and oxygen atoms in total. The molecule has 1 aromatic carbocycles. The molecule has 2 rings (SSSR count). The Labute approximate surface area is 186 Å². The maximum absolute atomic E-state index is 13.4. The van der Waals surface area contributed by atoms with E-state index in [-0.39, 0.29) is 24.5 Å². The number of rotatable bonds is 12. The van der Waals surface area contributed by atoms with Crippen LogP contribution in [-0.4, -0.2) is 48.6 Å². The molecule has 1 amide bonds. The lowest BCUT2D eigenvalue weighted by Gasteiger charge is -2.31. The van der Waals surface area contributed by atoms with Crippen molar-refractivity contribution in [1.29, 1.82) is 0 Å². The number of carbonyl (C=O) groups is 2. The minimum atomic E-state index is -0.402. The molecule has 0 fully saturated rings. The van der Waals surface area contributed by atoms with E-state index < -0.39 is 6.04 Å². The zero-order valence-corrected chi connectivity index (χ0v) is 19.5. The summed E-state index contributed by atoms with van der Waals surface area (Å²) in [6.07, 6.45) is 1.63. The molecule has 0 spiro atoms. The van der Waals surface area contributed by atoms with Crippen molar-refractivity contribution in [3.8, 4) is 0 Å². The summed E-state index contributed by atoms with van der Waals surface area (Å²) in [5.74, 6) is 1.34. The molecule has 1 heterocycles. The fourth-order valence-electron chi connectivity index (χ4n) is 3.68. The van der Waals surface area contributed by atoms with Crippen molar-refractivity contribution < 1.29 is 23.6 Å². The van der Waals surface area contributed by atoms with Gasteiger partial charge in [-0.15, -0.1) is 0 Å². The fourth-order valence-corrected chi connectivity index (χ4v) is 3.68. The number of quaternary nitrogens is 1. The molecule has 0 aliphatic heterocycles. The van der Waals surface area contributed by atoms with Crippen molar-refractivity contribution in [2.75, 3.05) is 19.7 Å². The van der Waals surface area contributed by atoms with Crippen LogP contribution in [-0.2, 0) is 27.3 Å². The maximum atomic E-state index is 13.4. The van der Waals surface area contributed by atoms with Gasteiger partial charge in [0.2, 0.25) is 0 Å². The number of hydrogen-bond acceptors (Lipinski definition) is 4. The van der Waals surface area contributed by atoms with E-state index in [9.17, 15) is 9.59 Å². The van der Waals surface area contributed by atoms with Gasteiger partial charge in [-0.3, -0.25) is 4.79 Å². The van der Waals surface area contributed by atoms with Crippen molar-refractivity contribution in [1.82, 2.24) is 4.90 Å². The molecular formula is C25H37N2O4+. The van der Waals surface area contributed by atoms with Crippen LogP contribution in [0.15, 0.2) is 46.9 Å². The van der Waals surface area contributed by atoms with Crippen LogP contribution in [0.25, 0.3) is 0 Å². The molecule has 1 N–H and O–H groups in total. The van der Waals surface area contributed by atoms with Gasteiger partial charge < -0.3 is 19.0 Å².